The highest BCUT2D eigenvalue weighted by Gasteiger charge is 1.87. The van der Waals surface area contributed by atoms with Crippen LogP contribution in [0.4, 0.5) is 0 Å². The fourth-order valence-electron chi connectivity index (χ4n) is 1.14. The molecule has 0 bridgehead atoms. The van der Waals surface area contributed by atoms with Gasteiger partial charge >= 0.3 is 0 Å². The maximum absolute atomic E-state index is 3.71. The topological polar surface area (TPSA) is 0 Å². The van der Waals surface area contributed by atoms with Crippen LogP contribution in [-0.2, 0) is 0 Å². The van der Waals surface area contributed by atoms with Crippen molar-refractivity contribution in [1.29, 1.82) is 0 Å². The zero-order valence-electron chi connectivity index (χ0n) is 7.77. The van der Waals surface area contributed by atoms with Crippen molar-refractivity contribution in [3.05, 3.63) is 22.8 Å². The van der Waals surface area contributed by atoms with Gasteiger partial charge < -0.3 is 0 Å². The molecule has 1 heteroatoms. The van der Waals surface area contributed by atoms with Gasteiger partial charge in [-0.05, 0) is 29.8 Å². The Hall–Kier alpha value is 0.210. The van der Waals surface area contributed by atoms with E-state index in [9.17, 15) is 0 Å². The first-order valence-electron chi connectivity index (χ1n) is 4.78. The van der Waals surface area contributed by atoms with E-state index >= 15 is 0 Å². The van der Waals surface area contributed by atoms with Crippen molar-refractivity contribution >= 4 is 22.6 Å². The van der Waals surface area contributed by atoms with E-state index < -0.39 is 0 Å². The minimum absolute atomic E-state index is 1.19. The molecule has 0 N–H and O–H groups in total. The van der Waals surface area contributed by atoms with Crippen molar-refractivity contribution in [3.63, 3.8) is 0 Å². The molecule has 70 valence electrons. The lowest BCUT2D eigenvalue weighted by atomic mass is 10.1. The summed E-state index contributed by atoms with van der Waals surface area (Å²) in [5.41, 5.74) is 0. The van der Waals surface area contributed by atoms with Gasteiger partial charge in [0.2, 0.25) is 0 Å². The van der Waals surface area contributed by atoms with Crippen LogP contribution in [0.25, 0.3) is 0 Å². The highest BCUT2D eigenvalue weighted by molar-refractivity contribution is 14.1. The smallest absolute Gasteiger partial charge is 0.0274 e. The van der Waals surface area contributed by atoms with Gasteiger partial charge in [-0.3, -0.25) is 0 Å². The summed E-state index contributed by atoms with van der Waals surface area (Å²) in [4.78, 5) is 0. The Kier molecular flexibility index (Phi) is 11.4. The number of hydrogen-bond acceptors (Lipinski definition) is 0. The average molecular weight is 278 g/mol. The van der Waals surface area contributed by atoms with Crippen molar-refractivity contribution in [1.82, 2.24) is 0 Å². The second-order valence-corrected chi connectivity index (χ2v) is 3.71. The number of allylic oxidation sites excluding steroid dienone is 2. The standard InChI is InChI=1S/C11H19I/c1-2-3-4-5-6-7-8-9-10-11-12/h2,10-11H,1,3-9H2/b11-10+. The molecule has 0 aromatic heterocycles. The zero-order chi connectivity index (χ0) is 9.07. The molecule has 0 unspecified atom stereocenters. The number of unbranched alkanes of at least 4 members (excludes halogenated alkanes) is 6. The third-order valence-corrected chi connectivity index (χ3v) is 2.38. The second kappa shape index (κ2) is 11.2. The molecule has 0 aromatic carbocycles. The van der Waals surface area contributed by atoms with Gasteiger partial charge in [0.1, 0.15) is 0 Å². The average Bonchev–Trinajstić information content (AvgIpc) is 2.10. The van der Waals surface area contributed by atoms with Crippen molar-refractivity contribution in [2.24, 2.45) is 0 Å². The van der Waals surface area contributed by atoms with Crippen LogP contribution in [0.5, 0.6) is 0 Å². The number of halogens is 1. The van der Waals surface area contributed by atoms with E-state index in [1.165, 1.54) is 44.9 Å². The molecule has 0 rings (SSSR count). The maximum atomic E-state index is 3.71. The van der Waals surface area contributed by atoms with Gasteiger partial charge in [-0.15, -0.1) is 6.58 Å². The minimum atomic E-state index is 1.19. The Balaban J connectivity index is 2.86. The van der Waals surface area contributed by atoms with Gasteiger partial charge in [0.05, 0.1) is 0 Å². The number of hydrogen-bond donors (Lipinski definition) is 0. The van der Waals surface area contributed by atoms with Crippen LogP contribution >= 0.6 is 22.6 Å². The fraction of sp³-hybridized carbons (Fsp3) is 0.636. The zero-order valence-corrected chi connectivity index (χ0v) is 9.92. The molecular weight excluding hydrogens is 259 g/mol. The van der Waals surface area contributed by atoms with Crippen molar-refractivity contribution in [2.45, 2.75) is 44.9 Å². The summed E-state index contributed by atoms with van der Waals surface area (Å²) in [7, 11) is 0. The van der Waals surface area contributed by atoms with Gasteiger partial charge in [-0.1, -0.05) is 54.0 Å². The molecular formula is C11H19I. The summed E-state index contributed by atoms with van der Waals surface area (Å²) >= 11 is 2.28. The van der Waals surface area contributed by atoms with Crippen LogP contribution in [0.3, 0.4) is 0 Å². The van der Waals surface area contributed by atoms with Crippen molar-refractivity contribution in [3.8, 4) is 0 Å². The lowest BCUT2D eigenvalue weighted by molar-refractivity contribution is 0.622. The third kappa shape index (κ3) is 10.2. The molecule has 0 spiro atoms. The Morgan fingerprint density at radius 3 is 2.08 bits per heavy atom. The summed E-state index contributed by atoms with van der Waals surface area (Å²) in [5.74, 6) is 0. The normalized spacial score (nSPS) is 10.8. The van der Waals surface area contributed by atoms with Crippen LogP contribution in [-0.4, -0.2) is 0 Å². The van der Waals surface area contributed by atoms with E-state index in [-0.39, 0.29) is 0 Å². The Morgan fingerprint density at radius 1 is 0.917 bits per heavy atom. The summed E-state index contributed by atoms with van der Waals surface area (Å²) in [5, 5.41) is 0. The molecule has 0 aromatic rings. The molecule has 0 heterocycles. The van der Waals surface area contributed by atoms with Gasteiger partial charge in [0.15, 0.2) is 0 Å². The maximum Gasteiger partial charge on any atom is -0.0274 e. The van der Waals surface area contributed by atoms with Gasteiger partial charge in [0.25, 0.3) is 0 Å². The molecule has 0 aliphatic rings. The highest BCUT2D eigenvalue weighted by atomic mass is 127. The molecule has 0 amide bonds. The van der Waals surface area contributed by atoms with E-state index in [1.807, 2.05) is 6.08 Å². The molecule has 0 nitrogen and oxygen atoms in total. The van der Waals surface area contributed by atoms with Crippen LogP contribution in [0, 0.1) is 0 Å². The van der Waals surface area contributed by atoms with Crippen molar-refractivity contribution in [2.75, 3.05) is 0 Å². The highest BCUT2D eigenvalue weighted by Crippen LogP contribution is 2.07. The van der Waals surface area contributed by atoms with Crippen LogP contribution < -0.4 is 0 Å². The van der Waals surface area contributed by atoms with Gasteiger partial charge in [-0.2, -0.15) is 0 Å². The van der Waals surface area contributed by atoms with Crippen LogP contribution in [0.1, 0.15) is 44.9 Å². The van der Waals surface area contributed by atoms with Gasteiger partial charge in [-0.25, -0.2) is 0 Å². The molecule has 0 saturated carbocycles. The lowest BCUT2D eigenvalue weighted by Crippen LogP contribution is -1.77. The minimum Gasteiger partial charge on any atom is -0.103 e. The predicted molar refractivity (Wildman–Crippen MR) is 65.7 cm³/mol. The molecule has 0 atom stereocenters. The van der Waals surface area contributed by atoms with E-state index in [1.54, 1.807) is 0 Å². The first kappa shape index (κ1) is 12.2. The first-order chi connectivity index (χ1) is 5.91. The van der Waals surface area contributed by atoms with Gasteiger partial charge in [0, 0.05) is 0 Å². The predicted octanol–water partition coefficient (Wildman–Crippen LogP) is 4.85. The third-order valence-electron chi connectivity index (χ3n) is 1.87. The summed E-state index contributed by atoms with van der Waals surface area (Å²) in [6.07, 6.45) is 13.5. The van der Waals surface area contributed by atoms with E-state index in [0.29, 0.717) is 0 Å². The molecule has 12 heavy (non-hydrogen) atoms. The molecule has 0 radical (unpaired) electrons. The first-order valence-corrected chi connectivity index (χ1v) is 6.02. The summed E-state index contributed by atoms with van der Waals surface area (Å²) in [6, 6.07) is 0. The largest absolute Gasteiger partial charge is 0.103 e. The van der Waals surface area contributed by atoms with E-state index in [0.717, 1.165) is 0 Å². The quantitative estimate of drug-likeness (QED) is 0.338. The second-order valence-electron chi connectivity index (χ2n) is 3.00. The Morgan fingerprint density at radius 2 is 1.50 bits per heavy atom. The molecule has 0 aliphatic heterocycles. The molecule has 0 aliphatic carbocycles. The fourth-order valence-corrected chi connectivity index (χ4v) is 1.50. The SMILES string of the molecule is C=CCCCCCCC/C=C/I. The van der Waals surface area contributed by atoms with Crippen LogP contribution in [0.15, 0.2) is 22.8 Å². The summed E-state index contributed by atoms with van der Waals surface area (Å²) < 4.78 is 2.11. The van der Waals surface area contributed by atoms with E-state index in [4.69, 9.17) is 0 Å². The Bertz CT molecular complexity index is 116. The summed E-state index contributed by atoms with van der Waals surface area (Å²) in [6.45, 7) is 3.71. The monoisotopic (exact) mass is 278 g/mol. The number of rotatable bonds is 8. The van der Waals surface area contributed by atoms with Crippen molar-refractivity contribution < 1.29 is 0 Å². The molecule has 0 fully saturated rings. The van der Waals surface area contributed by atoms with E-state index in [2.05, 4.69) is 39.3 Å². The lowest BCUT2D eigenvalue weighted by Gasteiger charge is -1.97. The van der Waals surface area contributed by atoms with Crippen LogP contribution in [0.2, 0.25) is 0 Å². The Labute approximate surface area is 90.3 Å². The molecule has 0 saturated heterocycles.